The molecular formula is C24H30FNO8. The lowest BCUT2D eigenvalue weighted by Crippen LogP contribution is -2.70. The Morgan fingerprint density at radius 2 is 2.00 bits per heavy atom. The number of hydrogen-bond donors (Lipinski definition) is 1. The third-order valence-electron chi connectivity index (χ3n) is 9.24. The van der Waals surface area contributed by atoms with E-state index >= 15 is 4.39 Å². The lowest BCUT2D eigenvalue weighted by Gasteiger charge is -2.62. The van der Waals surface area contributed by atoms with E-state index in [0.717, 1.165) is 6.92 Å². The predicted molar refractivity (Wildman–Crippen MR) is 115 cm³/mol. The largest absolute Gasteiger partial charge is 0.458 e. The van der Waals surface area contributed by atoms with Gasteiger partial charge in [-0.05, 0) is 56.6 Å². The van der Waals surface area contributed by atoms with Crippen molar-refractivity contribution in [2.75, 3.05) is 6.61 Å². The second-order valence-electron chi connectivity index (χ2n) is 10.7. The Hall–Kier alpha value is -2.62. The minimum absolute atomic E-state index is 0.262. The Balaban J connectivity index is 1.83. The van der Waals surface area contributed by atoms with Gasteiger partial charge in [-0.25, -0.2) is 4.39 Å². The molecular weight excluding hydrogens is 449 g/mol. The molecule has 0 aromatic heterocycles. The number of ketones is 2. The number of halogens is 1. The van der Waals surface area contributed by atoms with E-state index in [-0.39, 0.29) is 18.6 Å². The molecule has 10 heteroatoms. The molecule has 9 nitrogen and oxygen atoms in total. The second-order valence-corrected chi connectivity index (χ2v) is 10.7. The van der Waals surface area contributed by atoms with E-state index in [2.05, 4.69) is 0 Å². The molecule has 0 aromatic rings. The zero-order chi connectivity index (χ0) is 25.3. The summed E-state index contributed by atoms with van der Waals surface area (Å²) in [5.74, 6) is -3.51. The first-order valence-electron chi connectivity index (χ1n) is 11.5. The molecule has 0 aromatic carbocycles. The molecule has 2 unspecified atom stereocenters. The normalized spacial score (nSPS) is 44.9. The van der Waals surface area contributed by atoms with Gasteiger partial charge in [0, 0.05) is 23.7 Å². The van der Waals surface area contributed by atoms with Gasteiger partial charge in [0.1, 0.15) is 11.7 Å². The van der Waals surface area contributed by atoms with Gasteiger partial charge >= 0.3 is 5.97 Å². The van der Waals surface area contributed by atoms with Crippen LogP contribution in [0.3, 0.4) is 0 Å². The highest BCUT2D eigenvalue weighted by molar-refractivity contribution is 6.01. The number of nitrogens with zero attached hydrogens (tertiary/aromatic N) is 1. The van der Waals surface area contributed by atoms with Crippen molar-refractivity contribution in [3.05, 3.63) is 33.9 Å². The Morgan fingerprint density at radius 1 is 1.32 bits per heavy atom. The first-order chi connectivity index (χ1) is 15.7. The summed E-state index contributed by atoms with van der Waals surface area (Å²) in [5, 5.41) is 22.2. The molecule has 0 radical (unpaired) electrons. The number of rotatable bonds is 5. The third kappa shape index (κ3) is 3.03. The average molecular weight is 480 g/mol. The number of alkyl halides is 1. The van der Waals surface area contributed by atoms with E-state index in [1.54, 1.807) is 20.8 Å². The van der Waals surface area contributed by atoms with E-state index in [4.69, 9.17) is 9.57 Å². The smallest absolute Gasteiger partial charge is 0.303 e. The minimum Gasteiger partial charge on any atom is -0.458 e. The Bertz CT molecular complexity index is 1020. The molecule has 34 heavy (non-hydrogen) atoms. The molecule has 0 amide bonds. The summed E-state index contributed by atoms with van der Waals surface area (Å²) in [6.45, 7) is 5.48. The van der Waals surface area contributed by atoms with Crippen molar-refractivity contribution >= 4 is 17.5 Å². The summed E-state index contributed by atoms with van der Waals surface area (Å²) < 4.78 is 22.3. The Morgan fingerprint density at radius 3 is 2.62 bits per heavy atom. The predicted octanol–water partition coefficient (Wildman–Crippen LogP) is 2.68. The fourth-order valence-corrected chi connectivity index (χ4v) is 7.60. The number of aliphatic hydroxyl groups is 1. The zero-order valence-corrected chi connectivity index (χ0v) is 19.7. The van der Waals surface area contributed by atoms with Crippen molar-refractivity contribution in [2.24, 2.45) is 28.6 Å². The fraction of sp³-hybridized carbons (Fsp3) is 0.708. The Labute approximate surface area is 196 Å². The quantitative estimate of drug-likeness (QED) is 0.361. The molecule has 4 rings (SSSR count). The zero-order valence-electron chi connectivity index (χ0n) is 19.7. The van der Waals surface area contributed by atoms with Gasteiger partial charge in [0.05, 0.1) is 0 Å². The van der Waals surface area contributed by atoms with Crippen molar-refractivity contribution in [2.45, 2.75) is 70.8 Å². The molecule has 0 heterocycles. The number of hydrogen-bond acceptors (Lipinski definition) is 8. The number of ether oxygens (including phenoxy) is 1. The molecule has 4 aliphatic carbocycles. The van der Waals surface area contributed by atoms with Crippen molar-refractivity contribution in [1.82, 2.24) is 0 Å². The molecule has 3 saturated carbocycles. The van der Waals surface area contributed by atoms with Crippen LogP contribution in [0, 0.1) is 38.7 Å². The highest BCUT2D eigenvalue weighted by Gasteiger charge is 2.76. The van der Waals surface area contributed by atoms with Gasteiger partial charge in [-0.1, -0.05) is 25.5 Å². The van der Waals surface area contributed by atoms with E-state index in [0.29, 0.717) is 18.4 Å². The minimum atomic E-state index is -2.24. The van der Waals surface area contributed by atoms with E-state index < -0.39 is 69.4 Å². The van der Waals surface area contributed by atoms with Crippen LogP contribution >= 0.6 is 0 Å². The van der Waals surface area contributed by atoms with Crippen LogP contribution in [-0.2, 0) is 24.0 Å². The van der Waals surface area contributed by atoms with Crippen molar-refractivity contribution < 1.29 is 38.5 Å². The summed E-state index contributed by atoms with van der Waals surface area (Å²) in [4.78, 5) is 52.9. The molecule has 4 aliphatic rings. The van der Waals surface area contributed by atoms with Crippen LogP contribution in [0.15, 0.2) is 23.8 Å². The summed E-state index contributed by atoms with van der Waals surface area (Å²) in [6, 6.07) is 0. The molecule has 186 valence electrons. The van der Waals surface area contributed by atoms with Gasteiger partial charge in [-0.2, -0.15) is 0 Å². The number of carbonyl (C=O) groups is 3. The van der Waals surface area contributed by atoms with Gasteiger partial charge in [0.25, 0.3) is 5.09 Å². The maximum absolute atomic E-state index is 17.5. The SMILES string of the molecule is CC(=O)OCC(=O)[C@@]1(O)C(C)C[C@H]2[C@@H]3CCC4=CC(=O)C=C[C@]4(C)[C@@]3(F)C(O[N+](=O)[O-])C[C@@]21C. The van der Waals surface area contributed by atoms with E-state index in [1.165, 1.54) is 18.2 Å². The van der Waals surface area contributed by atoms with Crippen LogP contribution in [0.5, 0.6) is 0 Å². The van der Waals surface area contributed by atoms with Gasteiger partial charge in [0.2, 0.25) is 5.78 Å². The lowest BCUT2D eigenvalue weighted by molar-refractivity contribution is -0.775. The molecule has 0 saturated heterocycles. The highest BCUT2D eigenvalue weighted by Crippen LogP contribution is 2.71. The molecule has 8 atom stereocenters. The van der Waals surface area contributed by atoms with E-state index in [9.17, 15) is 29.6 Å². The summed E-state index contributed by atoms with van der Waals surface area (Å²) >= 11 is 0. The van der Waals surface area contributed by atoms with Crippen LogP contribution in [0.25, 0.3) is 0 Å². The fourth-order valence-electron chi connectivity index (χ4n) is 7.60. The number of carbonyl (C=O) groups excluding carboxylic acids is 3. The maximum Gasteiger partial charge on any atom is 0.303 e. The number of fused-ring (bicyclic) bond motifs is 5. The molecule has 3 fully saturated rings. The Kier molecular flexibility index (Phi) is 5.54. The van der Waals surface area contributed by atoms with Crippen molar-refractivity contribution in [1.29, 1.82) is 0 Å². The monoisotopic (exact) mass is 479 g/mol. The number of allylic oxidation sites excluding steroid dienone is 4. The van der Waals surface area contributed by atoms with Crippen molar-refractivity contribution in [3.63, 3.8) is 0 Å². The first kappa shape index (κ1) is 24.5. The van der Waals surface area contributed by atoms with Crippen LogP contribution in [-0.4, -0.2) is 51.7 Å². The van der Waals surface area contributed by atoms with Crippen LogP contribution in [0.1, 0.15) is 53.4 Å². The average Bonchev–Trinajstić information content (AvgIpc) is 2.94. The topological polar surface area (TPSA) is 133 Å². The van der Waals surface area contributed by atoms with Gasteiger partial charge in [-0.15, -0.1) is 10.1 Å². The van der Waals surface area contributed by atoms with Gasteiger partial charge < -0.3 is 14.7 Å². The molecule has 0 spiro atoms. The third-order valence-corrected chi connectivity index (χ3v) is 9.24. The maximum atomic E-state index is 17.5. The van der Waals surface area contributed by atoms with Crippen LogP contribution < -0.4 is 0 Å². The number of esters is 1. The summed E-state index contributed by atoms with van der Waals surface area (Å²) in [7, 11) is 0. The second kappa shape index (κ2) is 7.69. The number of Topliss-reactive ketones (excluding diaryl/α,β-unsaturated/α-hetero) is 1. The standard InChI is InChI=1S/C24H30FNO8/c1-13-9-18-17-6-5-15-10-16(28)7-8-21(15,3)23(17,25)20(34-26(31)32)11-22(18,4)24(13,30)19(29)12-33-14(2)27/h7-8,10,13,17-18,20,30H,5-6,9,11-12H2,1-4H3/t13?,17-,18-,20?,21-,22-,23-,24-/m0/s1. The summed E-state index contributed by atoms with van der Waals surface area (Å²) in [5.41, 5.74) is -6.22. The lowest BCUT2D eigenvalue weighted by atomic mass is 9.44. The molecule has 0 bridgehead atoms. The molecule has 0 aliphatic heterocycles. The van der Waals surface area contributed by atoms with Crippen molar-refractivity contribution in [3.8, 4) is 0 Å². The van der Waals surface area contributed by atoms with Crippen LogP contribution in [0.2, 0.25) is 0 Å². The highest BCUT2D eigenvalue weighted by atomic mass is 19.1. The first-order valence-corrected chi connectivity index (χ1v) is 11.5. The molecule has 1 N–H and O–H groups in total. The summed E-state index contributed by atoms with van der Waals surface area (Å²) in [6.07, 6.45) is 3.30. The van der Waals surface area contributed by atoms with Gasteiger partial charge in [-0.3, -0.25) is 14.4 Å². The van der Waals surface area contributed by atoms with E-state index in [1.807, 2.05) is 0 Å². The van der Waals surface area contributed by atoms with Gasteiger partial charge in [0.15, 0.2) is 18.1 Å². The van der Waals surface area contributed by atoms with Crippen LogP contribution in [0.4, 0.5) is 4.39 Å².